The number of rotatable bonds is 3. The Morgan fingerprint density at radius 2 is 2.30 bits per heavy atom. The van der Waals surface area contributed by atoms with E-state index in [9.17, 15) is 0 Å². The fourth-order valence-corrected chi connectivity index (χ4v) is 1.34. The monoisotopic (exact) mass is 165 g/mol. The largest absolute Gasteiger partial charge is 0.396 e. The summed E-state index contributed by atoms with van der Waals surface area (Å²) in [6, 6.07) is 0. The average molecular weight is 166 g/mol. The van der Waals surface area contributed by atoms with Crippen LogP contribution in [0.1, 0.15) is 19.3 Å². The quantitative estimate of drug-likeness (QED) is 0.648. The molecule has 1 aliphatic rings. The van der Waals surface area contributed by atoms with Crippen LogP contribution < -0.4 is 5.32 Å². The lowest BCUT2D eigenvalue weighted by Crippen LogP contribution is -2.09. The van der Waals surface area contributed by atoms with Gasteiger partial charge in [0, 0.05) is 6.61 Å². The number of hydrogen-bond donors (Lipinski definition) is 2. The van der Waals surface area contributed by atoms with Crippen LogP contribution >= 0.6 is 12.4 Å². The molecule has 0 spiro atoms. The molecule has 62 valence electrons. The summed E-state index contributed by atoms with van der Waals surface area (Å²) in [5.41, 5.74) is 0. The van der Waals surface area contributed by atoms with Gasteiger partial charge < -0.3 is 10.4 Å². The molecule has 0 bridgehead atoms. The van der Waals surface area contributed by atoms with Crippen molar-refractivity contribution in [2.45, 2.75) is 19.3 Å². The molecule has 3 heteroatoms. The first-order valence-corrected chi connectivity index (χ1v) is 3.75. The van der Waals surface area contributed by atoms with Gasteiger partial charge in [0.1, 0.15) is 0 Å². The number of hydrogen-bond acceptors (Lipinski definition) is 2. The molecule has 1 unspecified atom stereocenters. The maximum absolute atomic E-state index is 8.51. The molecule has 2 N–H and O–H groups in total. The van der Waals surface area contributed by atoms with Gasteiger partial charge in [0.05, 0.1) is 0 Å². The fourth-order valence-electron chi connectivity index (χ4n) is 1.34. The molecule has 1 saturated heterocycles. The van der Waals surface area contributed by atoms with Crippen molar-refractivity contribution >= 4 is 12.4 Å². The van der Waals surface area contributed by atoms with Crippen molar-refractivity contribution in [1.29, 1.82) is 0 Å². The SMILES string of the molecule is Cl.OCCCC1CCNC1. The third-order valence-corrected chi connectivity index (χ3v) is 1.93. The summed E-state index contributed by atoms with van der Waals surface area (Å²) in [5, 5.41) is 11.8. The second kappa shape index (κ2) is 5.96. The first-order chi connectivity index (χ1) is 4.43. The van der Waals surface area contributed by atoms with Gasteiger partial charge in [-0.2, -0.15) is 0 Å². The first-order valence-electron chi connectivity index (χ1n) is 3.75. The van der Waals surface area contributed by atoms with Crippen LogP contribution in [0.15, 0.2) is 0 Å². The van der Waals surface area contributed by atoms with E-state index in [0.717, 1.165) is 12.3 Å². The molecule has 10 heavy (non-hydrogen) atoms. The number of aliphatic hydroxyl groups excluding tert-OH is 1. The van der Waals surface area contributed by atoms with Crippen molar-refractivity contribution in [3.63, 3.8) is 0 Å². The van der Waals surface area contributed by atoms with Crippen molar-refractivity contribution in [3.05, 3.63) is 0 Å². The van der Waals surface area contributed by atoms with Gasteiger partial charge in [-0.25, -0.2) is 0 Å². The molecule has 0 aliphatic carbocycles. The van der Waals surface area contributed by atoms with Crippen LogP contribution in [0, 0.1) is 5.92 Å². The Kier molecular flexibility index (Phi) is 6.08. The smallest absolute Gasteiger partial charge is 0.0431 e. The third-order valence-electron chi connectivity index (χ3n) is 1.93. The molecule has 0 aromatic heterocycles. The van der Waals surface area contributed by atoms with Gasteiger partial charge in [-0.05, 0) is 38.3 Å². The number of halogens is 1. The number of nitrogens with one attached hydrogen (secondary N) is 1. The summed E-state index contributed by atoms with van der Waals surface area (Å²) in [6.07, 6.45) is 3.48. The van der Waals surface area contributed by atoms with E-state index in [2.05, 4.69) is 5.32 Å². The molecule has 0 saturated carbocycles. The highest BCUT2D eigenvalue weighted by atomic mass is 35.5. The molecule has 1 atom stereocenters. The van der Waals surface area contributed by atoms with Crippen LogP contribution in [-0.2, 0) is 0 Å². The van der Waals surface area contributed by atoms with Crippen molar-refractivity contribution in [2.75, 3.05) is 19.7 Å². The summed E-state index contributed by atoms with van der Waals surface area (Å²) in [6.45, 7) is 2.70. The normalized spacial score (nSPS) is 24.3. The Bertz CT molecular complexity index is 74.0. The maximum Gasteiger partial charge on any atom is 0.0431 e. The summed E-state index contributed by atoms with van der Waals surface area (Å²) in [7, 11) is 0. The lowest BCUT2D eigenvalue weighted by molar-refractivity contribution is 0.273. The van der Waals surface area contributed by atoms with E-state index in [1.54, 1.807) is 0 Å². The first kappa shape index (κ1) is 10.2. The minimum Gasteiger partial charge on any atom is -0.396 e. The van der Waals surface area contributed by atoms with Crippen LogP contribution in [0.4, 0.5) is 0 Å². The summed E-state index contributed by atoms with van der Waals surface area (Å²) in [4.78, 5) is 0. The van der Waals surface area contributed by atoms with Gasteiger partial charge in [0.25, 0.3) is 0 Å². The van der Waals surface area contributed by atoms with Crippen LogP contribution in [-0.4, -0.2) is 24.8 Å². The van der Waals surface area contributed by atoms with Crippen LogP contribution in [0.5, 0.6) is 0 Å². The van der Waals surface area contributed by atoms with Gasteiger partial charge in [-0.15, -0.1) is 12.4 Å². The predicted molar refractivity (Wildman–Crippen MR) is 44.5 cm³/mol. The molecule has 2 nitrogen and oxygen atoms in total. The van der Waals surface area contributed by atoms with Crippen LogP contribution in [0.3, 0.4) is 0 Å². The molecule has 0 amide bonds. The summed E-state index contributed by atoms with van der Waals surface area (Å²) < 4.78 is 0. The molecular formula is C7H16ClNO. The Morgan fingerprint density at radius 3 is 2.80 bits per heavy atom. The van der Waals surface area contributed by atoms with Crippen molar-refractivity contribution in [2.24, 2.45) is 5.92 Å². The number of aliphatic hydroxyl groups is 1. The van der Waals surface area contributed by atoms with Gasteiger partial charge in [-0.3, -0.25) is 0 Å². The third kappa shape index (κ3) is 3.40. The zero-order chi connectivity index (χ0) is 6.53. The second-order valence-electron chi connectivity index (χ2n) is 2.72. The Labute approximate surface area is 68.4 Å². The molecule has 0 aromatic carbocycles. The molecule has 0 aromatic rings. The Hall–Kier alpha value is 0.210. The topological polar surface area (TPSA) is 32.3 Å². The molecule has 1 aliphatic heterocycles. The Morgan fingerprint density at radius 1 is 1.50 bits per heavy atom. The van der Waals surface area contributed by atoms with E-state index in [1.807, 2.05) is 0 Å². The molecular weight excluding hydrogens is 150 g/mol. The fraction of sp³-hybridized carbons (Fsp3) is 1.00. The van der Waals surface area contributed by atoms with E-state index < -0.39 is 0 Å². The predicted octanol–water partition coefficient (Wildman–Crippen LogP) is 0.790. The average Bonchev–Trinajstić information content (AvgIpc) is 2.34. The zero-order valence-corrected chi connectivity index (χ0v) is 6.99. The van der Waals surface area contributed by atoms with Crippen molar-refractivity contribution in [1.82, 2.24) is 5.32 Å². The van der Waals surface area contributed by atoms with Gasteiger partial charge in [-0.1, -0.05) is 0 Å². The molecule has 1 rings (SSSR count). The molecule has 1 fully saturated rings. The van der Waals surface area contributed by atoms with Crippen LogP contribution in [0.2, 0.25) is 0 Å². The van der Waals surface area contributed by atoms with E-state index in [4.69, 9.17) is 5.11 Å². The van der Waals surface area contributed by atoms with Gasteiger partial charge in [0.2, 0.25) is 0 Å². The minimum atomic E-state index is 0. The van der Waals surface area contributed by atoms with Gasteiger partial charge in [0.15, 0.2) is 0 Å². The highest BCUT2D eigenvalue weighted by molar-refractivity contribution is 5.85. The highest BCUT2D eigenvalue weighted by Crippen LogP contribution is 2.13. The zero-order valence-electron chi connectivity index (χ0n) is 6.18. The molecule has 0 radical (unpaired) electrons. The van der Waals surface area contributed by atoms with Crippen molar-refractivity contribution in [3.8, 4) is 0 Å². The Balaban J connectivity index is 0.000000810. The summed E-state index contributed by atoms with van der Waals surface area (Å²) >= 11 is 0. The van der Waals surface area contributed by atoms with E-state index in [0.29, 0.717) is 6.61 Å². The lowest BCUT2D eigenvalue weighted by atomic mass is 10.0. The summed E-state index contributed by atoms with van der Waals surface area (Å²) in [5.74, 6) is 0.845. The maximum atomic E-state index is 8.51. The second-order valence-corrected chi connectivity index (χ2v) is 2.72. The van der Waals surface area contributed by atoms with Gasteiger partial charge >= 0.3 is 0 Å². The minimum absolute atomic E-state index is 0. The standard InChI is InChI=1S/C7H15NO.ClH/c9-5-1-2-7-3-4-8-6-7;/h7-9H,1-6H2;1H. The lowest BCUT2D eigenvalue weighted by Gasteiger charge is -2.04. The van der Waals surface area contributed by atoms with Crippen LogP contribution in [0.25, 0.3) is 0 Å². The van der Waals surface area contributed by atoms with E-state index >= 15 is 0 Å². The highest BCUT2D eigenvalue weighted by Gasteiger charge is 2.12. The van der Waals surface area contributed by atoms with E-state index in [1.165, 1.54) is 25.9 Å². The molecule has 1 heterocycles. The van der Waals surface area contributed by atoms with E-state index in [-0.39, 0.29) is 12.4 Å². The van der Waals surface area contributed by atoms with Crippen molar-refractivity contribution < 1.29 is 5.11 Å².